The molecule has 2 amide bonds. The monoisotopic (exact) mass is 258 g/mol. The van der Waals surface area contributed by atoms with Crippen molar-refractivity contribution in [1.82, 2.24) is 10.2 Å². The smallest absolute Gasteiger partial charge is 0.246 e. The van der Waals surface area contributed by atoms with Gasteiger partial charge >= 0.3 is 0 Å². The number of likely N-dealkylation sites (tertiary alicyclic amines) is 1. The number of nitrogens with one attached hydrogen (secondary N) is 1. The Kier molecular flexibility index (Phi) is 6.24. The van der Waals surface area contributed by atoms with Crippen LogP contribution >= 0.6 is 0 Å². The first-order chi connectivity index (χ1) is 8.56. The topological polar surface area (TPSA) is 78.9 Å². The second-order valence-corrected chi connectivity index (χ2v) is 4.54. The van der Waals surface area contributed by atoms with Gasteiger partial charge in [-0.15, -0.1) is 0 Å². The summed E-state index contributed by atoms with van der Waals surface area (Å²) < 4.78 is 5.27. The standard InChI is InChI=1S/C12H22N2O4/c1-3-4-5-18-8-9(15)7-13-10-6-11(16)14(2)12(10)17/h9-10,13,15H,3-8H2,1-2H3. The number of carbonyl (C=O) groups excluding carboxylic acids is 2. The molecule has 0 aromatic carbocycles. The summed E-state index contributed by atoms with van der Waals surface area (Å²) >= 11 is 0. The van der Waals surface area contributed by atoms with Crippen LogP contribution in [-0.2, 0) is 14.3 Å². The van der Waals surface area contributed by atoms with Crippen LogP contribution in [0, 0.1) is 0 Å². The number of unbranched alkanes of at least 4 members (excludes halogenated alkanes) is 1. The molecule has 2 N–H and O–H groups in total. The van der Waals surface area contributed by atoms with E-state index in [-0.39, 0.29) is 31.4 Å². The quantitative estimate of drug-likeness (QED) is 0.454. The maximum atomic E-state index is 11.6. The summed E-state index contributed by atoms with van der Waals surface area (Å²) in [5, 5.41) is 12.5. The predicted octanol–water partition coefficient (Wildman–Crippen LogP) is -0.489. The first-order valence-electron chi connectivity index (χ1n) is 6.35. The van der Waals surface area contributed by atoms with Crippen LogP contribution in [0.1, 0.15) is 26.2 Å². The molecule has 0 radical (unpaired) electrons. The van der Waals surface area contributed by atoms with Gasteiger partial charge in [0.25, 0.3) is 0 Å². The van der Waals surface area contributed by atoms with Crippen LogP contribution in [0.25, 0.3) is 0 Å². The van der Waals surface area contributed by atoms with Crippen LogP contribution in [0.5, 0.6) is 0 Å². The summed E-state index contributed by atoms with van der Waals surface area (Å²) in [6, 6.07) is -0.507. The molecule has 104 valence electrons. The lowest BCUT2D eigenvalue weighted by atomic mass is 10.2. The van der Waals surface area contributed by atoms with Crippen molar-refractivity contribution in [3.8, 4) is 0 Å². The number of carbonyl (C=O) groups is 2. The van der Waals surface area contributed by atoms with Gasteiger partial charge in [-0.1, -0.05) is 13.3 Å². The first-order valence-corrected chi connectivity index (χ1v) is 6.35. The molecule has 0 aromatic heterocycles. The highest BCUT2D eigenvalue weighted by atomic mass is 16.5. The number of ether oxygens (including phenoxy) is 1. The van der Waals surface area contributed by atoms with Gasteiger partial charge in [-0.25, -0.2) is 0 Å². The lowest BCUT2D eigenvalue weighted by Crippen LogP contribution is -2.41. The summed E-state index contributed by atoms with van der Waals surface area (Å²) in [4.78, 5) is 23.9. The molecule has 18 heavy (non-hydrogen) atoms. The van der Waals surface area contributed by atoms with E-state index in [0.29, 0.717) is 6.61 Å². The van der Waals surface area contributed by atoms with Gasteiger partial charge < -0.3 is 15.2 Å². The summed E-state index contributed by atoms with van der Waals surface area (Å²) in [5.74, 6) is -0.426. The number of likely N-dealkylation sites (N-methyl/N-ethyl adjacent to an activating group) is 1. The van der Waals surface area contributed by atoms with E-state index in [0.717, 1.165) is 17.7 Å². The number of hydrogen-bond acceptors (Lipinski definition) is 5. The molecule has 1 saturated heterocycles. The second-order valence-electron chi connectivity index (χ2n) is 4.54. The maximum Gasteiger partial charge on any atom is 0.246 e. The number of amides is 2. The Balaban J connectivity index is 2.17. The van der Waals surface area contributed by atoms with Gasteiger partial charge in [0.15, 0.2) is 0 Å². The lowest BCUT2D eigenvalue weighted by molar-refractivity contribution is -0.137. The van der Waals surface area contributed by atoms with E-state index < -0.39 is 12.1 Å². The molecule has 0 aliphatic carbocycles. The minimum atomic E-state index is -0.657. The van der Waals surface area contributed by atoms with Crippen LogP contribution in [0.3, 0.4) is 0 Å². The molecule has 6 heteroatoms. The second kappa shape index (κ2) is 7.45. The maximum absolute atomic E-state index is 11.6. The van der Waals surface area contributed by atoms with Gasteiger partial charge in [-0.3, -0.25) is 14.5 Å². The Labute approximate surface area is 107 Å². The fraction of sp³-hybridized carbons (Fsp3) is 0.833. The van der Waals surface area contributed by atoms with Crippen molar-refractivity contribution in [2.45, 2.75) is 38.3 Å². The molecule has 1 rings (SSSR count). The fourth-order valence-corrected chi connectivity index (χ4v) is 1.72. The third kappa shape index (κ3) is 4.36. The molecule has 0 saturated carbocycles. The van der Waals surface area contributed by atoms with Crippen molar-refractivity contribution in [3.05, 3.63) is 0 Å². The number of aliphatic hydroxyl groups is 1. The predicted molar refractivity (Wildman–Crippen MR) is 65.9 cm³/mol. The van der Waals surface area contributed by atoms with E-state index in [1.54, 1.807) is 0 Å². The molecule has 6 nitrogen and oxygen atoms in total. The van der Waals surface area contributed by atoms with Crippen molar-refractivity contribution in [1.29, 1.82) is 0 Å². The Morgan fingerprint density at radius 3 is 2.83 bits per heavy atom. The highest BCUT2D eigenvalue weighted by molar-refractivity contribution is 6.05. The minimum Gasteiger partial charge on any atom is -0.389 e. The van der Waals surface area contributed by atoms with Crippen molar-refractivity contribution in [2.24, 2.45) is 0 Å². The van der Waals surface area contributed by atoms with E-state index in [2.05, 4.69) is 12.2 Å². The van der Waals surface area contributed by atoms with Gasteiger partial charge in [0.1, 0.15) is 0 Å². The number of nitrogens with zero attached hydrogens (tertiary/aromatic N) is 1. The Morgan fingerprint density at radius 2 is 2.28 bits per heavy atom. The van der Waals surface area contributed by atoms with E-state index in [9.17, 15) is 14.7 Å². The molecule has 0 bridgehead atoms. The molecule has 1 aliphatic heterocycles. The third-order valence-electron chi connectivity index (χ3n) is 2.93. The van der Waals surface area contributed by atoms with Crippen LogP contribution in [-0.4, -0.2) is 60.8 Å². The van der Waals surface area contributed by atoms with Crippen molar-refractivity contribution < 1.29 is 19.4 Å². The van der Waals surface area contributed by atoms with Crippen LogP contribution in [0.2, 0.25) is 0 Å². The summed E-state index contributed by atoms with van der Waals surface area (Å²) in [6.07, 6.45) is 1.54. The van der Waals surface area contributed by atoms with Crippen molar-refractivity contribution in [3.63, 3.8) is 0 Å². The van der Waals surface area contributed by atoms with E-state index in [4.69, 9.17) is 4.74 Å². The zero-order valence-electron chi connectivity index (χ0n) is 11.0. The van der Waals surface area contributed by atoms with Crippen LogP contribution in [0.4, 0.5) is 0 Å². The zero-order valence-corrected chi connectivity index (χ0v) is 11.0. The average molecular weight is 258 g/mol. The van der Waals surface area contributed by atoms with E-state index >= 15 is 0 Å². The first kappa shape index (κ1) is 15.1. The van der Waals surface area contributed by atoms with Gasteiger partial charge in [-0.2, -0.15) is 0 Å². The molecule has 1 aliphatic rings. The number of imide groups is 1. The van der Waals surface area contributed by atoms with Crippen molar-refractivity contribution >= 4 is 11.8 Å². The number of rotatable bonds is 8. The highest BCUT2D eigenvalue weighted by Crippen LogP contribution is 2.10. The molecule has 1 heterocycles. The van der Waals surface area contributed by atoms with Gasteiger partial charge in [0, 0.05) is 20.2 Å². The summed E-state index contributed by atoms with van der Waals surface area (Å²) in [5.41, 5.74) is 0. The normalized spacial score (nSPS) is 21.7. The molecular formula is C12H22N2O4. The summed E-state index contributed by atoms with van der Waals surface area (Å²) in [7, 11) is 1.47. The van der Waals surface area contributed by atoms with E-state index in [1.165, 1.54) is 7.05 Å². The molecule has 2 unspecified atom stereocenters. The zero-order chi connectivity index (χ0) is 13.5. The average Bonchev–Trinajstić information content (AvgIpc) is 2.60. The highest BCUT2D eigenvalue weighted by Gasteiger charge is 2.35. The number of hydrogen-bond donors (Lipinski definition) is 2. The largest absolute Gasteiger partial charge is 0.389 e. The van der Waals surface area contributed by atoms with Gasteiger partial charge in [0.2, 0.25) is 11.8 Å². The molecule has 2 atom stereocenters. The summed E-state index contributed by atoms with van der Waals surface area (Å²) in [6.45, 7) is 3.21. The van der Waals surface area contributed by atoms with Gasteiger partial charge in [-0.05, 0) is 6.42 Å². The number of aliphatic hydroxyl groups excluding tert-OH is 1. The molecule has 1 fully saturated rings. The fourth-order valence-electron chi connectivity index (χ4n) is 1.72. The third-order valence-corrected chi connectivity index (χ3v) is 2.93. The Morgan fingerprint density at radius 1 is 1.56 bits per heavy atom. The Hall–Kier alpha value is -0.980. The SMILES string of the molecule is CCCCOCC(O)CNC1CC(=O)N(C)C1=O. The molecular weight excluding hydrogens is 236 g/mol. The minimum absolute atomic E-state index is 0.165. The molecule has 0 aromatic rings. The van der Waals surface area contributed by atoms with E-state index in [1.807, 2.05) is 0 Å². The van der Waals surface area contributed by atoms with Crippen molar-refractivity contribution in [2.75, 3.05) is 26.8 Å². The van der Waals surface area contributed by atoms with Crippen LogP contribution < -0.4 is 5.32 Å². The Bertz CT molecular complexity index is 296. The molecule has 0 spiro atoms. The van der Waals surface area contributed by atoms with Gasteiger partial charge in [0.05, 0.1) is 25.2 Å². The van der Waals surface area contributed by atoms with Crippen LogP contribution in [0.15, 0.2) is 0 Å². The lowest BCUT2D eigenvalue weighted by Gasteiger charge is -2.15.